The van der Waals surface area contributed by atoms with E-state index >= 15 is 0 Å². The van der Waals surface area contributed by atoms with Crippen LogP contribution in [0.5, 0.6) is 11.5 Å². The second-order valence-corrected chi connectivity index (χ2v) is 14.4. The molecule has 4 aromatic carbocycles. The zero-order valence-electron chi connectivity index (χ0n) is 39.1. The van der Waals surface area contributed by atoms with E-state index in [0.29, 0.717) is 6.42 Å². The van der Waals surface area contributed by atoms with Crippen LogP contribution in [0.4, 0.5) is 5.69 Å². The minimum Gasteiger partial charge on any atom is -0.497 e. The van der Waals surface area contributed by atoms with E-state index in [9.17, 15) is 14.4 Å². The third-order valence-corrected chi connectivity index (χ3v) is 9.41. The van der Waals surface area contributed by atoms with Gasteiger partial charge in [-0.1, -0.05) is 115 Å². The SMILES string of the molecule is CNC(=O)/C=C/C(C)=C/[C@@H](C)Oc1ccc(-c2ccccc2)cc1.CNC(=O)/C=C/C=C/CC(OC)c1ccc(N(C)C)cc1.COc1ccc(C(C/C=C/C=C/C(=O)NO)OC)cc1. The Kier molecular flexibility index (Phi) is 26.5. The average molecular weight is 887 g/mol. The lowest BCUT2D eigenvalue weighted by Crippen LogP contribution is -2.14. The molecule has 346 valence electrons. The minimum absolute atomic E-state index is 0.0193. The van der Waals surface area contributed by atoms with Gasteiger partial charge in [-0.2, -0.15) is 0 Å². The molecule has 0 aliphatic rings. The average Bonchev–Trinajstić information content (AvgIpc) is 3.33. The van der Waals surface area contributed by atoms with Crippen LogP contribution in [0.3, 0.4) is 0 Å². The van der Waals surface area contributed by atoms with Gasteiger partial charge in [-0.25, -0.2) is 5.48 Å². The summed E-state index contributed by atoms with van der Waals surface area (Å²) in [5.41, 5.74) is 8.20. The molecule has 4 N–H and O–H groups in total. The third-order valence-electron chi connectivity index (χ3n) is 9.41. The molecule has 12 heteroatoms. The number of likely N-dealkylation sites (N-methyl/N-ethyl adjacent to an activating group) is 2. The smallest absolute Gasteiger partial charge is 0.267 e. The maximum absolute atomic E-state index is 11.2. The van der Waals surface area contributed by atoms with Crippen molar-refractivity contribution in [2.45, 2.75) is 45.0 Å². The first-order chi connectivity index (χ1) is 31.4. The lowest BCUT2D eigenvalue weighted by molar-refractivity contribution is -0.124. The largest absolute Gasteiger partial charge is 0.497 e. The highest BCUT2D eigenvalue weighted by atomic mass is 16.5. The lowest BCUT2D eigenvalue weighted by Gasteiger charge is -2.16. The Bertz CT molecular complexity index is 2160. The molecular weight excluding hydrogens is 821 g/mol. The van der Waals surface area contributed by atoms with E-state index in [-0.39, 0.29) is 30.1 Å². The van der Waals surface area contributed by atoms with E-state index in [1.165, 1.54) is 29.3 Å². The summed E-state index contributed by atoms with van der Waals surface area (Å²) in [6, 6.07) is 34.3. The van der Waals surface area contributed by atoms with Crippen LogP contribution in [0.25, 0.3) is 11.1 Å². The molecular formula is C53H66N4O8. The van der Waals surface area contributed by atoms with Gasteiger partial charge in [0.1, 0.15) is 17.6 Å². The van der Waals surface area contributed by atoms with Crippen molar-refractivity contribution in [2.24, 2.45) is 0 Å². The first-order valence-corrected chi connectivity index (χ1v) is 21.1. The number of carbonyl (C=O) groups excluding carboxylic acids is 3. The maximum Gasteiger partial charge on any atom is 0.267 e. The number of benzene rings is 4. The van der Waals surface area contributed by atoms with E-state index in [2.05, 4.69) is 64.1 Å². The van der Waals surface area contributed by atoms with Crippen molar-refractivity contribution in [1.29, 1.82) is 0 Å². The van der Waals surface area contributed by atoms with Crippen molar-refractivity contribution in [2.75, 3.05) is 54.4 Å². The summed E-state index contributed by atoms with van der Waals surface area (Å²) in [5.74, 6) is 0.835. The number of anilines is 1. The van der Waals surface area contributed by atoms with Gasteiger partial charge < -0.3 is 34.5 Å². The Hall–Kier alpha value is -6.99. The molecule has 0 bridgehead atoms. The van der Waals surface area contributed by atoms with Crippen molar-refractivity contribution in [1.82, 2.24) is 16.1 Å². The van der Waals surface area contributed by atoms with Gasteiger partial charge >= 0.3 is 0 Å². The summed E-state index contributed by atoms with van der Waals surface area (Å²) in [5, 5.41) is 13.4. The lowest BCUT2D eigenvalue weighted by atomic mass is 10.1. The molecule has 0 fully saturated rings. The topological polar surface area (TPSA) is 148 Å². The molecule has 0 aromatic heterocycles. The molecule has 0 saturated carbocycles. The molecule has 3 amide bonds. The molecule has 12 nitrogen and oxygen atoms in total. The van der Waals surface area contributed by atoms with Crippen LogP contribution in [0.15, 0.2) is 176 Å². The van der Waals surface area contributed by atoms with Gasteiger partial charge in [-0.3, -0.25) is 19.6 Å². The molecule has 2 unspecified atom stereocenters. The number of nitrogens with one attached hydrogen (secondary N) is 3. The van der Waals surface area contributed by atoms with Crippen LogP contribution < -0.4 is 30.5 Å². The van der Waals surface area contributed by atoms with Crippen molar-refractivity contribution in [3.05, 3.63) is 187 Å². The van der Waals surface area contributed by atoms with Gasteiger partial charge in [0.05, 0.1) is 19.3 Å². The highest BCUT2D eigenvalue weighted by molar-refractivity contribution is 5.88. The summed E-state index contributed by atoms with van der Waals surface area (Å²) >= 11 is 0. The molecule has 0 saturated heterocycles. The first-order valence-electron chi connectivity index (χ1n) is 21.1. The van der Waals surface area contributed by atoms with Gasteiger partial charge in [0.15, 0.2) is 0 Å². The van der Waals surface area contributed by atoms with Gasteiger partial charge in [0, 0.05) is 66.3 Å². The Balaban J connectivity index is 0.000000337. The molecule has 4 aromatic rings. The zero-order valence-corrected chi connectivity index (χ0v) is 39.1. The van der Waals surface area contributed by atoms with Gasteiger partial charge in [0.25, 0.3) is 5.91 Å². The van der Waals surface area contributed by atoms with E-state index < -0.39 is 5.91 Å². The Labute approximate surface area is 385 Å². The Morgan fingerprint density at radius 3 is 1.57 bits per heavy atom. The molecule has 65 heavy (non-hydrogen) atoms. The molecule has 0 aliphatic heterocycles. The van der Waals surface area contributed by atoms with Crippen LogP contribution in [0, 0.1) is 0 Å². The van der Waals surface area contributed by atoms with Crippen LogP contribution in [0.2, 0.25) is 0 Å². The summed E-state index contributed by atoms with van der Waals surface area (Å²) in [6.07, 6.45) is 20.0. The fourth-order valence-electron chi connectivity index (χ4n) is 5.83. The highest BCUT2D eigenvalue weighted by Crippen LogP contribution is 2.25. The summed E-state index contributed by atoms with van der Waals surface area (Å²) < 4.78 is 21.9. The number of hydrogen-bond donors (Lipinski definition) is 4. The number of hydrogen-bond acceptors (Lipinski definition) is 9. The number of carbonyl (C=O) groups is 3. The Morgan fingerprint density at radius 2 is 1.09 bits per heavy atom. The summed E-state index contributed by atoms with van der Waals surface area (Å²) in [6.45, 7) is 3.92. The number of rotatable bonds is 20. The molecule has 4 rings (SSSR count). The van der Waals surface area contributed by atoms with Crippen LogP contribution in [-0.4, -0.2) is 78.6 Å². The predicted molar refractivity (Wildman–Crippen MR) is 262 cm³/mol. The molecule has 0 radical (unpaired) electrons. The zero-order chi connectivity index (χ0) is 47.8. The number of nitrogens with zero attached hydrogens (tertiary/aromatic N) is 1. The highest BCUT2D eigenvalue weighted by Gasteiger charge is 2.10. The second kappa shape index (κ2) is 31.8. The Morgan fingerprint density at radius 1 is 0.615 bits per heavy atom. The second-order valence-electron chi connectivity index (χ2n) is 14.4. The predicted octanol–water partition coefficient (Wildman–Crippen LogP) is 9.45. The van der Waals surface area contributed by atoms with Crippen LogP contribution >= 0.6 is 0 Å². The van der Waals surface area contributed by atoms with Crippen molar-refractivity contribution in [3.8, 4) is 22.6 Å². The molecule has 0 heterocycles. The maximum atomic E-state index is 11.2. The van der Waals surface area contributed by atoms with E-state index in [1.54, 1.807) is 59.7 Å². The monoisotopic (exact) mass is 886 g/mol. The number of methoxy groups -OCH3 is 3. The van der Waals surface area contributed by atoms with E-state index in [0.717, 1.165) is 45.9 Å². The molecule has 3 atom stereocenters. The van der Waals surface area contributed by atoms with Crippen molar-refractivity contribution >= 4 is 23.4 Å². The quantitative estimate of drug-likeness (QED) is 0.0295. The summed E-state index contributed by atoms with van der Waals surface area (Å²) in [4.78, 5) is 35.0. The van der Waals surface area contributed by atoms with Crippen LogP contribution in [0.1, 0.15) is 50.0 Å². The van der Waals surface area contributed by atoms with Gasteiger partial charge in [-0.15, -0.1) is 0 Å². The fourth-order valence-corrected chi connectivity index (χ4v) is 5.83. The van der Waals surface area contributed by atoms with Crippen molar-refractivity contribution in [3.63, 3.8) is 0 Å². The standard InChI is InChI=1S/C21H23NO2.C17H24N2O2.C15H19NO4/c1-16(9-14-21(23)22-3)15-17(2)24-20-12-10-19(11-13-20)18-7-5-4-6-8-18;1-18-17(20)9-7-5-6-8-16(21-4)14-10-12-15(13-11-14)19(2)3;1-19-13-10-8-12(9-11-13)14(20-2)6-4-3-5-7-15(17)16-18/h4-15,17H,1-3H3,(H,22,23);5-7,9-13,16H,8H2,1-4H3,(H,18,20);3-5,7-11,14,18H,6H2,1-2H3,(H,16,17)/b14-9+,16-15+;6-5+,9-7+;4-3+,7-5+/t17-;;/m1../s1. The van der Waals surface area contributed by atoms with Gasteiger partial charge in [-0.05, 0) is 91.4 Å². The molecule has 0 spiro atoms. The van der Waals surface area contributed by atoms with Crippen molar-refractivity contribution < 1.29 is 38.5 Å². The fraction of sp³-hybridized carbons (Fsp3) is 0.264. The third kappa shape index (κ3) is 22.3. The number of amides is 3. The van der Waals surface area contributed by atoms with E-state index in [1.807, 2.05) is 107 Å². The molecule has 0 aliphatic carbocycles. The van der Waals surface area contributed by atoms with Crippen LogP contribution in [-0.2, 0) is 23.9 Å². The number of ether oxygens (including phenoxy) is 4. The van der Waals surface area contributed by atoms with E-state index in [4.69, 9.17) is 24.2 Å². The summed E-state index contributed by atoms with van der Waals surface area (Å²) in [7, 11) is 12.2. The first kappa shape index (κ1) is 54.1. The number of hydroxylamine groups is 1. The minimum atomic E-state index is -0.562. The van der Waals surface area contributed by atoms with Gasteiger partial charge in [0.2, 0.25) is 11.8 Å². The normalized spacial score (nSPS) is 12.8. The number of allylic oxidation sites excluding steroid dienone is 6.